The molecule has 1 aromatic carbocycles. The summed E-state index contributed by atoms with van der Waals surface area (Å²) in [6, 6.07) is 6.43. The van der Waals surface area contributed by atoms with Crippen molar-refractivity contribution in [2.45, 2.75) is 83.7 Å². The number of carbonyl (C=O) groups excluding carboxylic acids is 2. The normalized spacial score (nSPS) is 21.8. The second kappa shape index (κ2) is 14.1. The molecule has 2 saturated heterocycles. The topological polar surface area (TPSA) is 65.1 Å². The van der Waals surface area contributed by atoms with E-state index in [1.54, 1.807) is 6.92 Å². The number of amides is 2. The van der Waals surface area contributed by atoms with Gasteiger partial charge in [0, 0.05) is 63.6 Å². The predicted octanol–water partition coefficient (Wildman–Crippen LogP) is 4.20. The summed E-state index contributed by atoms with van der Waals surface area (Å²) < 4.78 is 5.64. The fourth-order valence-corrected chi connectivity index (χ4v) is 5.95. The first-order valence-corrected chi connectivity index (χ1v) is 14.4. The lowest BCUT2D eigenvalue weighted by atomic mass is 10.0. The van der Waals surface area contributed by atoms with Gasteiger partial charge in [-0.1, -0.05) is 25.7 Å². The Morgan fingerprint density at radius 3 is 2.33 bits per heavy atom. The third kappa shape index (κ3) is 7.77. The van der Waals surface area contributed by atoms with Gasteiger partial charge in [-0.15, -0.1) is 0 Å². The summed E-state index contributed by atoms with van der Waals surface area (Å²) in [5.74, 6) is 0.0533. The number of nitrogens with zero attached hydrogens (tertiary/aromatic N) is 3. The molecular weight excluding hydrogens is 452 g/mol. The summed E-state index contributed by atoms with van der Waals surface area (Å²) >= 11 is 0. The van der Waals surface area contributed by atoms with Gasteiger partial charge in [0.1, 0.15) is 0 Å². The Hall–Kier alpha value is -1.96. The molecule has 2 fully saturated rings. The Kier molecular flexibility index (Phi) is 10.6. The second-order valence-electron chi connectivity index (χ2n) is 10.8. The molecule has 0 bridgehead atoms. The Balaban J connectivity index is 1.53. The summed E-state index contributed by atoms with van der Waals surface area (Å²) in [6.07, 6.45) is 11.7. The maximum atomic E-state index is 13.1. The first kappa shape index (κ1) is 27.1. The van der Waals surface area contributed by atoms with E-state index in [9.17, 15) is 9.59 Å². The number of fused-ring (bicyclic) bond motifs is 1. The molecule has 4 rings (SSSR count). The van der Waals surface area contributed by atoms with Gasteiger partial charge in [-0.2, -0.15) is 0 Å². The molecule has 2 amide bonds. The standard InChI is InChI=1S/C29H46N4O3/c1-24(34)33-18-9-4-2-3-8-17-32(27-12-20-36-21-13-27)23-26-22-25(10-11-28(26)33)29(35)30-14-19-31-15-6-5-7-16-31/h10-11,22,27H,2-9,12-21,23H2,1H3,(H,30,35). The summed E-state index contributed by atoms with van der Waals surface area (Å²) in [6.45, 7) is 9.69. The zero-order valence-corrected chi connectivity index (χ0v) is 22.3. The molecule has 0 aliphatic carbocycles. The highest BCUT2D eigenvalue weighted by atomic mass is 16.5. The van der Waals surface area contributed by atoms with Gasteiger partial charge in [0.15, 0.2) is 0 Å². The van der Waals surface area contributed by atoms with E-state index in [0.29, 0.717) is 18.2 Å². The summed E-state index contributed by atoms with van der Waals surface area (Å²) in [4.78, 5) is 32.7. The molecular formula is C29H46N4O3. The number of hydrogen-bond acceptors (Lipinski definition) is 5. The van der Waals surface area contributed by atoms with E-state index < -0.39 is 0 Å². The molecule has 0 spiro atoms. The zero-order chi connectivity index (χ0) is 25.2. The lowest BCUT2D eigenvalue weighted by molar-refractivity contribution is -0.116. The van der Waals surface area contributed by atoms with Crippen molar-refractivity contribution in [3.63, 3.8) is 0 Å². The van der Waals surface area contributed by atoms with Gasteiger partial charge in [0.25, 0.3) is 5.91 Å². The molecule has 1 N–H and O–H groups in total. The third-order valence-electron chi connectivity index (χ3n) is 8.08. The quantitative estimate of drug-likeness (QED) is 0.659. The summed E-state index contributed by atoms with van der Waals surface area (Å²) in [5.41, 5.74) is 2.74. The fraction of sp³-hybridized carbons (Fsp3) is 0.724. The van der Waals surface area contributed by atoms with Crippen molar-refractivity contribution in [3.05, 3.63) is 29.3 Å². The van der Waals surface area contributed by atoms with E-state index in [2.05, 4.69) is 15.1 Å². The Labute approximate surface area is 217 Å². The highest BCUT2D eigenvalue weighted by Gasteiger charge is 2.25. The highest BCUT2D eigenvalue weighted by molar-refractivity contribution is 5.97. The fourth-order valence-electron chi connectivity index (χ4n) is 5.95. The van der Waals surface area contributed by atoms with Gasteiger partial charge in [-0.05, 0) is 81.9 Å². The van der Waals surface area contributed by atoms with E-state index in [1.807, 2.05) is 23.1 Å². The molecule has 3 aliphatic heterocycles. The third-order valence-corrected chi connectivity index (χ3v) is 8.08. The molecule has 0 saturated carbocycles. The van der Waals surface area contributed by atoms with Gasteiger partial charge >= 0.3 is 0 Å². The van der Waals surface area contributed by atoms with E-state index in [0.717, 1.165) is 89.4 Å². The summed E-state index contributed by atoms with van der Waals surface area (Å²) in [7, 11) is 0. The highest BCUT2D eigenvalue weighted by Crippen LogP contribution is 2.28. The van der Waals surface area contributed by atoms with Crippen LogP contribution < -0.4 is 10.2 Å². The van der Waals surface area contributed by atoms with E-state index in [4.69, 9.17) is 4.74 Å². The first-order valence-electron chi connectivity index (χ1n) is 14.4. The average Bonchev–Trinajstić information content (AvgIpc) is 2.89. The number of piperidine rings is 1. The molecule has 0 atom stereocenters. The van der Waals surface area contributed by atoms with Crippen molar-refractivity contribution in [1.29, 1.82) is 0 Å². The molecule has 7 nitrogen and oxygen atoms in total. The smallest absolute Gasteiger partial charge is 0.251 e. The predicted molar refractivity (Wildman–Crippen MR) is 144 cm³/mol. The lowest BCUT2D eigenvalue weighted by Crippen LogP contribution is -2.40. The van der Waals surface area contributed by atoms with Crippen molar-refractivity contribution in [3.8, 4) is 0 Å². The molecule has 0 aromatic heterocycles. The number of carbonyl (C=O) groups is 2. The van der Waals surface area contributed by atoms with Crippen LogP contribution in [0.2, 0.25) is 0 Å². The van der Waals surface area contributed by atoms with E-state index >= 15 is 0 Å². The van der Waals surface area contributed by atoms with Gasteiger partial charge in [-0.25, -0.2) is 0 Å². The second-order valence-corrected chi connectivity index (χ2v) is 10.8. The number of likely N-dealkylation sites (tertiary alicyclic amines) is 1. The van der Waals surface area contributed by atoms with Crippen LogP contribution in [0.15, 0.2) is 18.2 Å². The number of rotatable bonds is 5. The van der Waals surface area contributed by atoms with Crippen LogP contribution in [-0.4, -0.2) is 80.1 Å². The molecule has 1 aromatic rings. The first-order chi connectivity index (χ1) is 17.6. The van der Waals surface area contributed by atoms with Crippen LogP contribution in [0.25, 0.3) is 0 Å². The van der Waals surface area contributed by atoms with Gasteiger partial charge in [0.2, 0.25) is 5.91 Å². The van der Waals surface area contributed by atoms with Crippen molar-refractivity contribution < 1.29 is 14.3 Å². The van der Waals surface area contributed by atoms with Crippen LogP contribution in [0.3, 0.4) is 0 Å². The molecule has 200 valence electrons. The van der Waals surface area contributed by atoms with Crippen molar-refractivity contribution in [2.75, 3.05) is 57.4 Å². The van der Waals surface area contributed by atoms with Gasteiger partial charge in [-0.3, -0.25) is 14.5 Å². The monoisotopic (exact) mass is 498 g/mol. The van der Waals surface area contributed by atoms with Crippen LogP contribution in [0.5, 0.6) is 0 Å². The average molecular weight is 499 g/mol. The van der Waals surface area contributed by atoms with Crippen LogP contribution in [0, 0.1) is 0 Å². The van der Waals surface area contributed by atoms with Crippen LogP contribution in [0.4, 0.5) is 5.69 Å². The minimum Gasteiger partial charge on any atom is -0.381 e. The number of ether oxygens (including phenoxy) is 1. The number of anilines is 1. The van der Waals surface area contributed by atoms with Crippen molar-refractivity contribution in [2.24, 2.45) is 0 Å². The molecule has 7 heteroatoms. The van der Waals surface area contributed by atoms with Crippen molar-refractivity contribution >= 4 is 17.5 Å². The van der Waals surface area contributed by atoms with Crippen LogP contribution >= 0.6 is 0 Å². The number of nitrogens with one attached hydrogen (secondary N) is 1. The molecule has 0 radical (unpaired) electrons. The maximum Gasteiger partial charge on any atom is 0.251 e. The summed E-state index contributed by atoms with van der Waals surface area (Å²) in [5, 5.41) is 3.14. The minimum atomic E-state index is -0.0204. The Bertz CT molecular complexity index is 849. The van der Waals surface area contributed by atoms with Crippen LogP contribution in [-0.2, 0) is 16.1 Å². The van der Waals surface area contributed by atoms with Gasteiger partial charge < -0.3 is 19.9 Å². The van der Waals surface area contributed by atoms with Gasteiger partial charge in [0.05, 0.1) is 0 Å². The molecule has 36 heavy (non-hydrogen) atoms. The molecule has 3 aliphatic rings. The SMILES string of the molecule is CC(=O)N1CCCCCCCN(C2CCOCC2)Cc2cc(C(=O)NCCN3CCCCC3)ccc21. The molecule has 0 unspecified atom stereocenters. The van der Waals surface area contributed by atoms with Crippen LogP contribution in [0.1, 0.15) is 87.1 Å². The lowest BCUT2D eigenvalue weighted by Gasteiger charge is -2.36. The zero-order valence-electron chi connectivity index (χ0n) is 22.3. The minimum absolute atomic E-state index is 0.0204. The number of hydrogen-bond donors (Lipinski definition) is 1. The van der Waals surface area contributed by atoms with Crippen molar-refractivity contribution in [1.82, 2.24) is 15.1 Å². The Morgan fingerprint density at radius 2 is 1.58 bits per heavy atom. The largest absolute Gasteiger partial charge is 0.381 e. The Morgan fingerprint density at radius 1 is 0.917 bits per heavy atom. The maximum absolute atomic E-state index is 13.1. The van der Waals surface area contributed by atoms with E-state index in [1.165, 1.54) is 38.5 Å². The van der Waals surface area contributed by atoms with E-state index in [-0.39, 0.29) is 11.8 Å². The number of benzene rings is 1. The molecule has 3 heterocycles.